The Kier molecular flexibility index (Phi) is 7.27. The summed E-state index contributed by atoms with van der Waals surface area (Å²) in [5.41, 5.74) is 3.04. The first kappa shape index (κ1) is 20.9. The van der Waals surface area contributed by atoms with Crippen molar-refractivity contribution in [3.8, 4) is 0 Å². The second-order valence-corrected chi connectivity index (χ2v) is 7.03. The van der Waals surface area contributed by atoms with Crippen LogP contribution in [0.2, 0.25) is 0 Å². The van der Waals surface area contributed by atoms with Gasteiger partial charge in [0.25, 0.3) is 5.69 Å². The van der Waals surface area contributed by atoms with Gasteiger partial charge in [-0.05, 0) is 6.07 Å². The Labute approximate surface area is 170 Å². The number of nitrogens with zero attached hydrogens (tertiary/aromatic N) is 5. The summed E-state index contributed by atoms with van der Waals surface area (Å²) in [6.07, 6.45) is 2.45. The third-order valence-electron chi connectivity index (χ3n) is 3.94. The molecule has 29 heavy (non-hydrogen) atoms. The molecule has 0 radical (unpaired) electrons. The van der Waals surface area contributed by atoms with Crippen LogP contribution in [0.1, 0.15) is 5.56 Å². The van der Waals surface area contributed by atoms with Crippen LogP contribution >= 0.6 is 11.8 Å². The molecule has 0 amide bonds. The van der Waals surface area contributed by atoms with Gasteiger partial charge in [0.2, 0.25) is 5.95 Å². The highest BCUT2D eigenvalue weighted by Gasteiger charge is 2.18. The van der Waals surface area contributed by atoms with Crippen molar-refractivity contribution in [1.82, 2.24) is 9.97 Å². The van der Waals surface area contributed by atoms with E-state index in [0.29, 0.717) is 42.5 Å². The molecule has 0 aliphatic carbocycles. The number of hydrogen-bond acceptors (Lipinski definition) is 10. The van der Waals surface area contributed by atoms with E-state index in [1.54, 1.807) is 17.0 Å². The molecule has 0 unspecified atom stereocenters. The highest BCUT2D eigenvalue weighted by Crippen LogP contribution is 2.29. The number of aliphatic hydroxyl groups excluding tert-OH is 1. The molecule has 2 N–H and O–H groups in total. The summed E-state index contributed by atoms with van der Waals surface area (Å²) in [7, 11) is 0. The van der Waals surface area contributed by atoms with Crippen molar-refractivity contribution >= 4 is 35.4 Å². The molecule has 1 aliphatic heterocycles. The van der Waals surface area contributed by atoms with E-state index in [0.717, 1.165) is 6.20 Å². The highest BCUT2D eigenvalue weighted by molar-refractivity contribution is 7.99. The van der Waals surface area contributed by atoms with E-state index in [1.807, 2.05) is 0 Å². The van der Waals surface area contributed by atoms with Gasteiger partial charge in [0.1, 0.15) is 0 Å². The molecule has 10 nitrogen and oxygen atoms in total. The van der Waals surface area contributed by atoms with Gasteiger partial charge >= 0.3 is 0 Å². The minimum Gasteiger partial charge on any atom is -0.396 e. The molecular formula is C17H19FN6O4S. The minimum absolute atomic E-state index is 0.0694. The van der Waals surface area contributed by atoms with Crippen LogP contribution in [-0.4, -0.2) is 64.9 Å². The molecule has 12 heteroatoms. The SMILES string of the molecule is O=[N+]([O-])c1cc(/C=N/Nc2ncc(F)c(N3CCOCC3)n2)ccc1SCCO. The fraction of sp³-hybridized carbons (Fsp3) is 0.353. The maximum atomic E-state index is 14.0. The molecule has 1 aromatic heterocycles. The standard InChI is InChI=1S/C17H19FN6O4S/c18-13-11-19-17(21-16(13)23-3-6-28-7-4-23)22-20-10-12-1-2-15(29-8-5-25)14(9-12)24(26)27/h1-2,9-11,25H,3-8H2,(H,19,21,22)/b20-10+. The Morgan fingerprint density at radius 3 is 2.97 bits per heavy atom. The number of morpholine rings is 1. The predicted molar refractivity (Wildman–Crippen MR) is 107 cm³/mol. The van der Waals surface area contributed by atoms with Gasteiger partial charge in [0.15, 0.2) is 11.6 Å². The summed E-state index contributed by atoms with van der Waals surface area (Å²) < 4.78 is 19.3. The molecule has 154 valence electrons. The Morgan fingerprint density at radius 1 is 1.45 bits per heavy atom. The van der Waals surface area contributed by atoms with E-state index < -0.39 is 10.7 Å². The fourth-order valence-electron chi connectivity index (χ4n) is 2.61. The smallest absolute Gasteiger partial charge is 0.283 e. The lowest BCUT2D eigenvalue weighted by molar-refractivity contribution is -0.387. The van der Waals surface area contributed by atoms with Crippen molar-refractivity contribution in [2.75, 3.05) is 49.0 Å². The summed E-state index contributed by atoms with van der Waals surface area (Å²) >= 11 is 1.20. The molecule has 1 fully saturated rings. The average Bonchev–Trinajstić information content (AvgIpc) is 2.74. The fourth-order valence-corrected chi connectivity index (χ4v) is 3.37. The molecule has 1 aromatic carbocycles. The largest absolute Gasteiger partial charge is 0.396 e. The van der Waals surface area contributed by atoms with Crippen LogP contribution in [0.5, 0.6) is 0 Å². The number of aromatic nitrogens is 2. The van der Waals surface area contributed by atoms with Crippen LogP contribution in [0.4, 0.5) is 21.8 Å². The van der Waals surface area contributed by atoms with Crippen molar-refractivity contribution < 1.29 is 19.2 Å². The van der Waals surface area contributed by atoms with E-state index in [2.05, 4.69) is 20.5 Å². The minimum atomic E-state index is -0.534. The summed E-state index contributed by atoms with van der Waals surface area (Å²) in [5.74, 6) is 0.104. The van der Waals surface area contributed by atoms with Crippen molar-refractivity contribution in [2.24, 2.45) is 5.10 Å². The summed E-state index contributed by atoms with van der Waals surface area (Å²) in [6, 6.07) is 4.66. The van der Waals surface area contributed by atoms with Gasteiger partial charge in [-0.25, -0.2) is 14.8 Å². The number of anilines is 2. The summed E-state index contributed by atoms with van der Waals surface area (Å²) in [4.78, 5) is 21.0. The lowest BCUT2D eigenvalue weighted by atomic mass is 10.2. The maximum absolute atomic E-state index is 14.0. The summed E-state index contributed by atoms with van der Waals surface area (Å²) in [5, 5.41) is 24.1. The number of halogens is 1. The second-order valence-electron chi connectivity index (χ2n) is 5.89. The van der Waals surface area contributed by atoms with Gasteiger partial charge < -0.3 is 14.7 Å². The average molecular weight is 422 g/mol. The highest BCUT2D eigenvalue weighted by atomic mass is 32.2. The molecule has 1 aliphatic rings. The van der Waals surface area contributed by atoms with Crippen LogP contribution in [0.15, 0.2) is 34.4 Å². The lowest BCUT2D eigenvalue weighted by Crippen LogP contribution is -2.37. The second kappa shape index (κ2) is 10.1. The van der Waals surface area contributed by atoms with Crippen LogP contribution in [0, 0.1) is 15.9 Å². The first-order valence-corrected chi connectivity index (χ1v) is 9.73. The van der Waals surface area contributed by atoms with Crippen molar-refractivity contribution in [3.63, 3.8) is 0 Å². The quantitative estimate of drug-likeness (QED) is 0.284. The molecule has 2 aromatic rings. The predicted octanol–water partition coefficient (Wildman–Crippen LogP) is 1.89. The van der Waals surface area contributed by atoms with E-state index in [4.69, 9.17) is 9.84 Å². The van der Waals surface area contributed by atoms with Gasteiger partial charge in [-0.1, -0.05) is 6.07 Å². The number of hydrazone groups is 1. The molecule has 3 rings (SSSR count). The third kappa shape index (κ3) is 5.59. The van der Waals surface area contributed by atoms with E-state index >= 15 is 0 Å². The monoisotopic (exact) mass is 422 g/mol. The molecular weight excluding hydrogens is 403 g/mol. The zero-order valence-corrected chi connectivity index (χ0v) is 16.1. The Bertz CT molecular complexity index is 894. The zero-order valence-electron chi connectivity index (χ0n) is 15.3. The number of rotatable bonds is 8. The molecule has 0 bridgehead atoms. The lowest BCUT2D eigenvalue weighted by Gasteiger charge is -2.27. The number of nitro benzene ring substituents is 1. The molecule has 1 saturated heterocycles. The van der Waals surface area contributed by atoms with Crippen LogP contribution in [0.3, 0.4) is 0 Å². The topological polar surface area (TPSA) is 126 Å². The number of nitrogens with one attached hydrogen (secondary N) is 1. The van der Waals surface area contributed by atoms with Crippen molar-refractivity contribution in [3.05, 3.63) is 45.9 Å². The first-order chi connectivity index (χ1) is 14.1. The molecule has 0 atom stereocenters. The maximum Gasteiger partial charge on any atom is 0.283 e. The normalized spacial score (nSPS) is 14.3. The molecule has 0 saturated carbocycles. The Morgan fingerprint density at radius 2 is 2.24 bits per heavy atom. The van der Waals surface area contributed by atoms with E-state index in [1.165, 1.54) is 24.0 Å². The van der Waals surface area contributed by atoms with Crippen LogP contribution < -0.4 is 10.3 Å². The van der Waals surface area contributed by atoms with Gasteiger partial charge in [0.05, 0.1) is 42.1 Å². The van der Waals surface area contributed by atoms with Crippen LogP contribution in [0.25, 0.3) is 0 Å². The number of benzene rings is 1. The van der Waals surface area contributed by atoms with Crippen molar-refractivity contribution in [1.29, 1.82) is 0 Å². The Hall–Kier alpha value is -2.83. The zero-order chi connectivity index (χ0) is 20.6. The van der Waals surface area contributed by atoms with E-state index in [-0.39, 0.29) is 24.1 Å². The van der Waals surface area contributed by atoms with Gasteiger partial charge in [0, 0.05) is 30.5 Å². The van der Waals surface area contributed by atoms with Gasteiger partial charge in [-0.3, -0.25) is 10.1 Å². The Balaban J connectivity index is 1.71. The van der Waals surface area contributed by atoms with Crippen LogP contribution in [-0.2, 0) is 4.74 Å². The number of ether oxygens (including phenoxy) is 1. The first-order valence-electron chi connectivity index (χ1n) is 8.75. The van der Waals surface area contributed by atoms with E-state index in [9.17, 15) is 14.5 Å². The molecule has 2 heterocycles. The number of hydrogen-bond donors (Lipinski definition) is 2. The number of thioether (sulfide) groups is 1. The summed E-state index contributed by atoms with van der Waals surface area (Å²) in [6.45, 7) is 1.98. The molecule has 0 spiro atoms. The number of nitro groups is 1. The number of aliphatic hydroxyl groups is 1. The van der Waals surface area contributed by atoms with Gasteiger partial charge in [-0.2, -0.15) is 10.1 Å². The van der Waals surface area contributed by atoms with Gasteiger partial charge in [-0.15, -0.1) is 11.8 Å². The third-order valence-corrected chi connectivity index (χ3v) is 4.99. The van der Waals surface area contributed by atoms with Crippen molar-refractivity contribution in [2.45, 2.75) is 4.90 Å².